The Bertz CT molecular complexity index is 472. The summed E-state index contributed by atoms with van der Waals surface area (Å²) in [4.78, 5) is 23.1. The molecule has 1 amide bonds. The number of likely N-dealkylation sites (N-methyl/N-ethyl adjacent to an activating group) is 1. The summed E-state index contributed by atoms with van der Waals surface area (Å²) in [6.07, 6.45) is -0.612. The third-order valence-corrected chi connectivity index (χ3v) is 2.50. The van der Waals surface area contributed by atoms with Gasteiger partial charge in [-0.15, -0.1) is 0 Å². The first kappa shape index (κ1) is 10.4. The molecule has 0 bridgehead atoms. The fourth-order valence-corrected chi connectivity index (χ4v) is 1.62. The maximum Gasteiger partial charge on any atom is 0.273 e. The van der Waals surface area contributed by atoms with E-state index in [-0.39, 0.29) is 11.6 Å². The third kappa shape index (κ3) is 1.48. The average molecular weight is 222 g/mol. The van der Waals surface area contributed by atoms with Gasteiger partial charge in [-0.3, -0.25) is 14.9 Å². The molecule has 1 aromatic rings. The van der Waals surface area contributed by atoms with Gasteiger partial charge in [0.05, 0.1) is 16.7 Å². The van der Waals surface area contributed by atoms with Gasteiger partial charge in [0.2, 0.25) is 0 Å². The van der Waals surface area contributed by atoms with Crippen molar-refractivity contribution in [1.82, 2.24) is 0 Å². The van der Waals surface area contributed by atoms with Gasteiger partial charge in [0.1, 0.15) is 0 Å². The number of benzene rings is 1. The van der Waals surface area contributed by atoms with E-state index in [1.807, 2.05) is 0 Å². The summed E-state index contributed by atoms with van der Waals surface area (Å²) in [5.41, 5.74) is 0.502. The summed E-state index contributed by atoms with van der Waals surface area (Å²) in [5, 5.41) is 10.6. The van der Waals surface area contributed by atoms with Crippen molar-refractivity contribution >= 4 is 17.3 Å². The summed E-state index contributed by atoms with van der Waals surface area (Å²) in [7, 11) is 1.62. The number of carbonyl (C=O) groups is 1. The zero-order valence-corrected chi connectivity index (χ0v) is 8.84. The standard InChI is InChI=1S/C10H10N2O4/c1-6-10(13)11(2)8-4-3-7(12(14)15)5-9(8)16-6/h3-6H,1-2H3/t6-/m0/s1. The van der Waals surface area contributed by atoms with E-state index in [0.717, 1.165) is 0 Å². The van der Waals surface area contributed by atoms with E-state index >= 15 is 0 Å². The molecule has 84 valence electrons. The third-order valence-electron chi connectivity index (χ3n) is 2.50. The number of carbonyl (C=O) groups excluding carboxylic acids is 1. The first-order chi connectivity index (χ1) is 7.50. The second kappa shape index (κ2) is 3.48. The molecule has 1 aromatic carbocycles. The van der Waals surface area contributed by atoms with Gasteiger partial charge in [-0.25, -0.2) is 0 Å². The topological polar surface area (TPSA) is 72.7 Å². The van der Waals surface area contributed by atoms with Crippen LogP contribution >= 0.6 is 0 Å². The van der Waals surface area contributed by atoms with Crippen molar-refractivity contribution in [2.45, 2.75) is 13.0 Å². The first-order valence-corrected chi connectivity index (χ1v) is 4.73. The molecule has 1 aliphatic rings. The van der Waals surface area contributed by atoms with Gasteiger partial charge in [0.25, 0.3) is 11.6 Å². The van der Waals surface area contributed by atoms with E-state index in [1.165, 1.54) is 23.1 Å². The number of fused-ring (bicyclic) bond motifs is 1. The SMILES string of the molecule is C[C@@H]1Oc2cc([N+](=O)[O-])ccc2N(C)C1=O. The van der Waals surface area contributed by atoms with E-state index in [1.54, 1.807) is 14.0 Å². The Balaban J connectivity index is 2.49. The van der Waals surface area contributed by atoms with Crippen LogP contribution in [0.2, 0.25) is 0 Å². The number of rotatable bonds is 1. The van der Waals surface area contributed by atoms with Crippen LogP contribution < -0.4 is 9.64 Å². The number of nitrogens with zero attached hydrogens (tertiary/aromatic N) is 2. The maximum absolute atomic E-state index is 11.6. The Hall–Kier alpha value is -2.11. The van der Waals surface area contributed by atoms with Crippen molar-refractivity contribution in [2.24, 2.45) is 0 Å². The molecule has 0 aromatic heterocycles. The van der Waals surface area contributed by atoms with Crippen molar-refractivity contribution in [3.8, 4) is 5.75 Å². The minimum atomic E-state index is -0.612. The molecule has 0 N–H and O–H groups in total. The van der Waals surface area contributed by atoms with Crippen LogP contribution in [0.1, 0.15) is 6.92 Å². The number of amides is 1. The number of nitro groups is 1. The fraction of sp³-hybridized carbons (Fsp3) is 0.300. The molecule has 0 radical (unpaired) electrons. The molecular weight excluding hydrogens is 212 g/mol. The lowest BCUT2D eigenvalue weighted by molar-refractivity contribution is -0.384. The van der Waals surface area contributed by atoms with Gasteiger partial charge in [0.15, 0.2) is 11.9 Å². The highest BCUT2D eigenvalue weighted by Gasteiger charge is 2.29. The summed E-state index contributed by atoms with van der Waals surface area (Å²) in [6, 6.07) is 4.19. The second-order valence-corrected chi connectivity index (χ2v) is 3.57. The molecule has 1 atom stereocenters. The van der Waals surface area contributed by atoms with Crippen LogP contribution in [0.15, 0.2) is 18.2 Å². The van der Waals surface area contributed by atoms with Gasteiger partial charge < -0.3 is 9.64 Å². The van der Waals surface area contributed by atoms with Crippen LogP contribution in [0.4, 0.5) is 11.4 Å². The van der Waals surface area contributed by atoms with Crippen LogP contribution in [0.25, 0.3) is 0 Å². The maximum atomic E-state index is 11.6. The predicted octanol–water partition coefficient (Wildman–Crippen LogP) is 1.34. The van der Waals surface area contributed by atoms with Crippen molar-refractivity contribution in [3.05, 3.63) is 28.3 Å². The molecule has 0 spiro atoms. The van der Waals surface area contributed by atoms with Gasteiger partial charge in [-0.2, -0.15) is 0 Å². The van der Waals surface area contributed by atoms with E-state index < -0.39 is 11.0 Å². The Kier molecular flexibility index (Phi) is 2.26. The predicted molar refractivity (Wildman–Crippen MR) is 56.6 cm³/mol. The quantitative estimate of drug-likeness (QED) is 0.531. The van der Waals surface area contributed by atoms with Crippen LogP contribution in [0.3, 0.4) is 0 Å². The highest BCUT2D eigenvalue weighted by molar-refractivity contribution is 5.99. The van der Waals surface area contributed by atoms with Gasteiger partial charge >= 0.3 is 0 Å². The highest BCUT2D eigenvalue weighted by Crippen LogP contribution is 2.35. The van der Waals surface area contributed by atoms with Crippen molar-refractivity contribution in [1.29, 1.82) is 0 Å². The minimum absolute atomic E-state index is 0.0475. The number of ether oxygens (including phenoxy) is 1. The molecular formula is C10H10N2O4. The summed E-state index contributed by atoms with van der Waals surface area (Å²) >= 11 is 0. The van der Waals surface area contributed by atoms with E-state index in [9.17, 15) is 14.9 Å². The molecule has 0 saturated carbocycles. The lowest BCUT2D eigenvalue weighted by Gasteiger charge is -2.29. The van der Waals surface area contributed by atoms with Gasteiger partial charge in [0, 0.05) is 13.1 Å². The Morgan fingerprint density at radius 1 is 1.50 bits per heavy atom. The molecule has 0 fully saturated rings. The molecule has 1 aliphatic heterocycles. The lowest BCUT2D eigenvalue weighted by atomic mass is 10.2. The summed E-state index contributed by atoms with van der Waals surface area (Å²) in [5.74, 6) is 0.199. The summed E-state index contributed by atoms with van der Waals surface area (Å²) < 4.78 is 5.31. The summed E-state index contributed by atoms with van der Waals surface area (Å²) in [6.45, 7) is 1.61. The van der Waals surface area contributed by atoms with Crippen molar-refractivity contribution in [2.75, 3.05) is 11.9 Å². The zero-order chi connectivity index (χ0) is 11.9. The van der Waals surface area contributed by atoms with Crippen molar-refractivity contribution in [3.63, 3.8) is 0 Å². The number of nitro benzene ring substituents is 1. The fourth-order valence-electron chi connectivity index (χ4n) is 1.62. The lowest BCUT2D eigenvalue weighted by Crippen LogP contribution is -2.41. The van der Waals surface area contributed by atoms with E-state index in [0.29, 0.717) is 11.4 Å². The zero-order valence-electron chi connectivity index (χ0n) is 8.84. The molecule has 1 heterocycles. The van der Waals surface area contributed by atoms with E-state index in [2.05, 4.69) is 0 Å². The largest absolute Gasteiger partial charge is 0.478 e. The average Bonchev–Trinajstić information content (AvgIpc) is 2.25. The monoisotopic (exact) mass is 222 g/mol. The normalized spacial score (nSPS) is 19.0. The molecule has 6 heteroatoms. The molecule has 0 saturated heterocycles. The van der Waals surface area contributed by atoms with Crippen molar-refractivity contribution < 1.29 is 14.5 Å². The van der Waals surface area contributed by atoms with E-state index in [4.69, 9.17) is 4.74 Å². The Morgan fingerprint density at radius 2 is 2.19 bits per heavy atom. The minimum Gasteiger partial charge on any atom is -0.478 e. The molecule has 6 nitrogen and oxygen atoms in total. The van der Waals surface area contributed by atoms with Gasteiger partial charge in [-0.1, -0.05) is 0 Å². The van der Waals surface area contributed by atoms with Crippen LogP contribution in [0, 0.1) is 10.1 Å². The molecule has 0 aliphatic carbocycles. The smallest absolute Gasteiger partial charge is 0.273 e. The van der Waals surface area contributed by atoms with Crippen LogP contribution in [-0.4, -0.2) is 24.0 Å². The number of non-ortho nitro benzene ring substituents is 1. The van der Waals surface area contributed by atoms with Crippen LogP contribution in [0.5, 0.6) is 5.75 Å². The Labute approximate surface area is 91.6 Å². The van der Waals surface area contributed by atoms with Crippen LogP contribution in [-0.2, 0) is 4.79 Å². The number of anilines is 1. The Morgan fingerprint density at radius 3 is 2.81 bits per heavy atom. The molecule has 0 unspecified atom stereocenters. The highest BCUT2D eigenvalue weighted by atomic mass is 16.6. The molecule has 2 rings (SSSR count). The van der Waals surface area contributed by atoms with Gasteiger partial charge in [-0.05, 0) is 13.0 Å². The number of hydrogen-bond acceptors (Lipinski definition) is 4. The second-order valence-electron chi connectivity index (χ2n) is 3.57. The first-order valence-electron chi connectivity index (χ1n) is 4.73. The molecule has 16 heavy (non-hydrogen) atoms. The number of hydrogen-bond donors (Lipinski definition) is 0.